The Bertz CT molecular complexity index is 228. The zero-order valence-corrected chi connectivity index (χ0v) is 9.71. The largest absolute Gasteiger partial charge is 0.481 e. The van der Waals surface area contributed by atoms with Gasteiger partial charge in [-0.2, -0.15) is 13.2 Å². The summed E-state index contributed by atoms with van der Waals surface area (Å²) in [5.74, 6) is -1.45. The summed E-state index contributed by atoms with van der Waals surface area (Å²) in [4.78, 5) is 10.9. The van der Waals surface area contributed by atoms with Crippen molar-refractivity contribution in [3.05, 3.63) is 0 Å². The zero-order chi connectivity index (χ0) is 12.3. The molecule has 0 aliphatic rings. The zero-order valence-electron chi connectivity index (χ0n) is 8.89. The summed E-state index contributed by atoms with van der Waals surface area (Å²) in [6.07, 6.45) is 0.0180. The lowest BCUT2D eigenvalue weighted by Gasteiger charge is -2.28. The number of hydrogen-bond donors (Lipinski definition) is 1. The van der Waals surface area contributed by atoms with Crippen LogP contribution in [0.3, 0.4) is 0 Å². The maximum atomic E-state index is 11.8. The van der Waals surface area contributed by atoms with Gasteiger partial charge < -0.3 is 5.11 Å². The van der Waals surface area contributed by atoms with E-state index < -0.39 is 16.9 Å². The number of halogens is 3. The molecule has 1 unspecified atom stereocenters. The smallest absolute Gasteiger partial charge is 0.441 e. The molecule has 0 fully saturated rings. The van der Waals surface area contributed by atoms with Crippen LogP contribution in [0.15, 0.2) is 0 Å². The van der Waals surface area contributed by atoms with Crippen LogP contribution in [0.4, 0.5) is 13.2 Å². The molecule has 2 nitrogen and oxygen atoms in total. The fourth-order valence-corrected chi connectivity index (χ4v) is 1.78. The molecule has 0 rings (SSSR count). The topological polar surface area (TPSA) is 37.3 Å². The second-order valence-corrected chi connectivity index (χ2v) is 5.08. The fourth-order valence-electron chi connectivity index (χ4n) is 1.02. The summed E-state index contributed by atoms with van der Waals surface area (Å²) in [5, 5.41) is 8.94. The molecule has 6 heteroatoms. The van der Waals surface area contributed by atoms with Crippen molar-refractivity contribution in [2.45, 2.75) is 32.7 Å². The number of thioether (sulfide) groups is 1. The standard InChI is InChI=1S/C9H15F3O2S/c1-6(2)8(3,7(13)14)4-5-15-9(10,11)12/h6H,4-5H2,1-3H3,(H,13,14). The Balaban J connectivity index is 4.28. The van der Waals surface area contributed by atoms with Crippen LogP contribution in [0.5, 0.6) is 0 Å². The van der Waals surface area contributed by atoms with E-state index in [2.05, 4.69) is 0 Å². The normalized spacial score (nSPS) is 16.5. The Morgan fingerprint density at radius 1 is 1.40 bits per heavy atom. The second-order valence-electron chi connectivity index (χ2n) is 3.92. The Morgan fingerprint density at radius 3 is 2.13 bits per heavy atom. The Labute approximate surface area is 91.2 Å². The maximum Gasteiger partial charge on any atom is 0.441 e. The van der Waals surface area contributed by atoms with Crippen LogP contribution in [-0.4, -0.2) is 22.3 Å². The highest BCUT2D eigenvalue weighted by Gasteiger charge is 2.38. The minimum Gasteiger partial charge on any atom is -0.481 e. The summed E-state index contributed by atoms with van der Waals surface area (Å²) in [5.41, 5.74) is -5.37. The van der Waals surface area contributed by atoms with Crippen LogP contribution < -0.4 is 0 Å². The first-order valence-corrected chi connectivity index (χ1v) is 5.52. The first kappa shape index (κ1) is 14.6. The highest BCUT2D eigenvalue weighted by molar-refractivity contribution is 8.00. The molecule has 0 bridgehead atoms. The molecule has 0 saturated heterocycles. The number of alkyl halides is 3. The molecule has 0 radical (unpaired) electrons. The number of aliphatic carboxylic acids is 1. The average molecular weight is 244 g/mol. The molecule has 0 amide bonds. The van der Waals surface area contributed by atoms with Crippen molar-refractivity contribution in [1.82, 2.24) is 0 Å². The van der Waals surface area contributed by atoms with Crippen molar-refractivity contribution in [3.8, 4) is 0 Å². The highest BCUT2D eigenvalue weighted by Crippen LogP contribution is 2.37. The van der Waals surface area contributed by atoms with E-state index in [4.69, 9.17) is 5.11 Å². The molecule has 0 heterocycles. The highest BCUT2D eigenvalue weighted by atomic mass is 32.2. The van der Waals surface area contributed by atoms with Gasteiger partial charge in [0.05, 0.1) is 5.41 Å². The molecule has 90 valence electrons. The van der Waals surface area contributed by atoms with E-state index in [1.54, 1.807) is 13.8 Å². The lowest BCUT2D eigenvalue weighted by atomic mass is 9.77. The minimum atomic E-state index is -4.28. The molecule has 0 spiro atoms. The molecule has 0 aromatic carbocycles. The van der Waals surface area contributed by atoms with Crippen LogP contribution >= 0.6 is 11.8 Å². The van der Waals surface area contributed by atoms with E-state index in [1.807, 2.05) is 0 Å². The first-order chi connectivity index (χ1) is 6.59. The Kier molecular flexibility index (Phi) is 4.96. The lowest BCUT2D eigenvalue weighted by Crippen LogP contribution is -2.34. The van der Waals surface area contributed by atoms with Gasteiger partial charge in [0.1, 0.15) is 0 Å². The van der Waals surface area contributed by atoms with Crippen LogP contribution in [0, 0.1) is 11.3 Å². The maximum absolute atomic E-state index is 11.8. The van der Waals surface area contributed by atoms with E-state index >= 15 is 0 Å². The molecule has 0 aliphatic heterocycles. The summed E-state index contributed by atoms with van der Waals surface area (Å²) >= 11 is -0.168. The summed E-state index contributed by atoms with van der Waals surface area (Å²) in [6.45, 7) is 4.88. The van der Waals surface area contributed by atoms with Crippen molar-refractivity contribution < 1.29 is 23.1 Å². The summed E-state index contributed by atoms with van der Waals surface area (Å²) < 4.78 is 35.5. The molecular weight excluding hydrogens is 229 g/mol. The first-order valence-electron chi connectivity index (χ1n) is 4.53. The summed E-state index contributed by atoms with van der Waals surface area (Å²) in [7, 11) is 0. The number of rotatable bonds is 5. The Hall–Kier alpha value is -0.390. The van der Waals surface area contributed by atoms with E-state index in [0.29, 0.717) is 0 Å². The third-order valence-corrected chi connectivity index (χ3v) is 3.39. The fraction of sp³-hybridized carbons (Fsp3) is 0.889. The van der Waals surface area contributed by atoms with Gasteiger partial charge in [0.25, 0.3) is 0 Å². The van der Waals surface area contributed by atoms with Crippen molar-refractivity contribution in [2.75, 3.05) is 5.75 Å². The van der Waals surface area contributed by atoms with Gasteiger partial charge in [-0.1, -0.05) is 25.6 Å². The van der Waals surface area contributed by atoms with Crippen molar-refractivity contribution in [1.29, 1.82) is 0 Å². The van der Waals surface area contributed by atoms with E-state index in [1.165, 1.54) is 6.92 Å². The summed E-state index contributed by atoms with van der Waals surface area (Å²) in [6, 6.07) is 0. The molecule has 0 aromatic heterocycles. The molecule has 0 aliphatic carbocycles. The predicted octanol–water partition coefficient (Wildman–Crippen LogP) is 3.38. The van der Waals surface area contributed by atoms with Crippen molar-refractivity contribution in [2.24, 2.45) is 11.3 Å². The molecule has 0 aromatic rings. The molecule has 0 saturated carbocycles. The van der Waals surface area contributed by atoms with Gasteiger partial charge in [-0.25, -0.2) is 0 Å². The Morgan fingerprint density at radius 2 is 1.87 bits per heavy atom. The van der Waals surface area contributed by atoms with Gasteiger partial charge >= 0.3 is 11.5 Å². The van der Waals surface area contributed by atoms with Crippen LogP contribution in [0.25, 0.3) is 0 Å². The molecule has 1 N–H and O–H groups in total. The monoisotopic (exact) mass is 244 g/mol. The number of carboxylic acids is 1. The van der Waals surface area contributed by atoms with Gasteiger partial charge in [0.2, 0.25) is 0 Å². The van der Waals surface area contributed by atoms with Gasteiger partial charge in [-0.05, 0) is 19.3 Å². The van der Waals surface area contributed by atoms with Gasteiger partial charge in [-0.15, -0.1) is 0 Å². The third-order valence-electron chi connectivity index (χ3n) is 2.65. The van der Waals surface area contributed by atoms with E-state index in [-0.39, 0.29) is 29.9 Å². The SMILES string of the molecule is CC(C)C(C)(CCSC(F)(F)F)C(=O)O. The van der Waals surface area contributed by atoms with Crippen LogP contribution in [-0.2, 0) is 4.79 Å². The van der Waals surface area contributed by atoms with E-state index in [0.717, 1.165) is 0 Å². The van der Waals surface area contributed by atoms with Crippen molar-refractivity contribution in [3.63, 3.8) is 0 Å². The van der Waals surface area contributed by atoms with Crippen LogP contribution in [0.1, 0.15) is 27.2 Å². The van der Waals surface area contributed by atoms with Crippen molar-refractivity contribution >= 4 is 17.7 Å². The van der Waals surface area contributed by atoms with Gasteiger partial charge in [0.15, 0.2) is 0 Å². The van der Waals surface area contributed by atoms with Gasteiger partial charge in [-0.3, -0.25) is 4.79 Å². The third kappa shape index (κ3) is 4.77. The molecular formula is C9H15F3O2S. The average Bonchev–Trinajstić information content (AvgIpc) is 2.00. The predicted molar refractivity (Wildman–Crippen MR) is 53.7 cm³/mol. The van der Waals surface area contributed by atoms with Gasteiger partial charge in [0, 0.05) is 5.75 Å². The molecule has 1 atom stereocenters. The quantitative estimate of drug-likeness (QED) is 0.805. The minimum absolute atomic E-state index is 0.0180. The van der Waals surface area contributed by atoms with Crippen LogP contribution in [0.2, 0.25) is 0 Å². The number of carboxylic acid groups (broad SMARTS) is 1. The second kappa shape index (κ2) is 5.09. The van der Waals surface area contributed by atoms with E-state index in [9.17, 15) is 18.0 Å². The molecule has 15 heavy (non-hydrogen) atoms. The number of hydrogen-bond acceptors (Lipinski definition) is 2. The number of carbonyl (C=O) groups is 1. The lowest BCUT2D eigenvalue weighted by molar-refractivity contribution is -0.150.